The predicted molar refractivity (Wildman–Crippen MR) is 121 cm³/mol. The van der Waals surface area contributed by atoms with Crippen molar-refractivity contribution in [2.75, 3.05) is 26.2 Å². The largest absolute Gasteiger partial charge is 0.489 e. The number of nitrogens with one attached hydrogen (secondary N) is 1. The van der Waals surface area contributed by atoms with Crippen molar-refractivity contribution in [2.24, 2.45) is 0 Å². The van der Waals surface area contributed by atoms with E-state index in [1.165, 1.54) is 5.56 Å². The highest BCUT2D eigenvalue weighted by Crippen LogP contribution is 2.32. The van der Waals surface area contributed by atoms with Gasteiger partial charge in [0.2, 0.25) is 0 Å². The molecule has 0 aliphatic carbocycles. The summed E-state index contributed by atoms with van der Waals surface area (Å²) in [5.41, 5.74) is 4.49. The van der Waals surface area contributed by atoms with Crippen LogP contribution < -0.4 is 10.1 Å². The molecule has 3 nitrogen and oxygen atoms in total. The van der Waals surface area contributed by atoms with Crippen LogP contribution in [0.4, 0.5) is 0 Å². The Labute approximate surface area is 177 Å². The minimum atomic E-state index is 0.529. The van der Waals surface area contributed by atoms with E-state index in [1.54, 1.807) is 0 Å². The smallest absolute Gasteiger partial charge is 0.121 e. The molecule has 1 N–H and O–H groups in total. The summed E-state index contributed by atoms with van der Waals surface area (Å²) in [6, 6.07) is 26.5. The van der Waals surface area contributed by atoms with E-state index in [4.69, 9.17) is 16.3 Å². The number of piperazine rings is 1. The van der Waals surface area contributed by atoms with Crippen LogP contribution in [0.2, 0.25) is 5.02 Å². The van der Waals surface area contributed by atoms with Gasteiger partial charge < -0.3 is 15.0 Å². The van der Waals surface area contributed by atoms with E-state index in [2.05, 4.69) is 58.8 Å². The third-order valence-corrected chi connectivity index (χ3v) is 5.34. The molecule has 29 heavy (non-hydrogen) atoms. The number of hydrogen-bond acceptors (Lipinski definition) is 3. The predicted octanol–water partition coefficient (Wildman–Crippen LogP) is 5.32. The molecule has 1 saturated heterocycles. The Morgan fingerprint density at radius 3 is 2.31 bits per heavy atom. The van der Waals surface area contributed by atoms with E-state index in [-0.39, 0.29) is 0 Å². The molecular formula is C25H25ClN2O. The second-order valence-corrected chi connectivity index (χ2v) is 7.50. The second kappa shape index (κ2) is 9.64. The highest BCUT2D eigenvalue weighted by atomic mass is 35.5. The average Bonchev–Trinajstić information content (AvgIpc) is 2.78. The Bertz CT molecular complexity index is 951. The molecule has 1 aliphatic rings. The van der Waals surface area contributed by atoms with Crippen LogP contribution in [0.5, 0.6) is 5.75 Å². The summed E-state index contributed by atoms with van der Waals surface area (Å²) in [6.07, 6.45) is 2.22. The molecule has 0 saturated carbocycles. The number of nitrogens with zero attached hydrogens (tertiary/aromatic N) is 1. The van der Waals surface area contributed by atoms with Crippen LogP contribution in [-0.4, -0.2) is 31.1 Å². The van der Waals surface area contributed by atoms with Crippen LogP contribution >= 0.6 is 11.6 Å². The van der Waals surface area contributed by atoms with Gasteiger partial charge in [-0.3, -0.25) is 0 Å². The first-order valence-corrected chi connectivity index (χ1v) is 10.4. The molecule has 0 aromatic heterocycles. The van der Waals surface area contributed by atoms with Crippen molar-refractivity contribution >= 4 is 23.4 Å². The minimum Gasteiger partial charge on any atom is -0.489 e. The fraction of sp³-hybridized carbons (Fsp3) is 0.200. The van der Waals surface area contributed by atoms with Crippen LogP contribution in [0.25, 0.3) is 11.8 Å². The highest BCUT2D eigenvalue weighted by molar-refractivity contribution is 6.32. The Hall–Kier alpha value is -2.75. The van der Waals surface area contributed by atoms with Gasteiger partial charge in [-0.05, 0) is 35.4 Å². The quantitative estimate of drug-likeness (QED) is 0.562. The van der Waals surface area contributed by atoms with Crippen molar-refractivity contribution in [2.45, 2.75) is 6.61 Å². The molecular weight excluding hydrogens is 380 g/mol. The Morgan fingerprint density at radius 1 is 0.931 bits per heavy atom. The van der Waals surface area contributed by atoms with Crippen molar-refractivity contribution in [3.63, 3.8) is 0 Å². The van der Waals surface area contributed by atoms with Gasteiger partial charge in [-0.1, -0.05) is 72.3 Å². The molecule has 0 atom stereocenters. The summed E-state index contributed by atoms with van der Waals surface area (Å²) in [5.74, 6) is 0.780. The van der Waals surface area contributed by atoms with Crippen LogP contribution in [0, 0.1) is 0 Å². The Kier molecular flexibility index (Phi) is 6.50. The number of hydrogen-bond donors (Lipinski definition) is 1. The average molecular weight is 405 g/mol. The SMILES string of the molecule is Clc1cc(OCc2ccccc2)ccc1C(=Cc1ccccc1)N1CCNCC1. The third-order valence-electron chi connectivity index (χ3n) is 5.03. The van der Waals surface area contributed by atoms with Gasteiger partial charge in [0.25, 0.3) is 0 Å². The number of rotatable bonds is 6. The van der Waals surface area contributed by atoms with Gasteiger partial charge in [0, 0.05) is 37.4 Å². The van der Waals surface area contributed by atoms with Crippen LogP contribution in [0.1, 0.15) is 16.7 Å². The molecule has 1 fully saturated rings. The summed E-state index contributed by atoms with van der Waals surface area (Å²) in [4.78, 5) is 2.40. The van der Waals surface area contributed by atoms with Crippen molar-refractivity contribution in [3.05, 3.63) is 101 Å². The van der Waals surface area contributed by atoms with Crippen LogP contribution in [-0.2, 0) is 6.61 Å². The fourth-order valence-corrected chi connectivity index (χ4v) is 3.75. The molecule has 0 amide bonds. The first kappa shape index (κ1) is 19.6. The van der Waals surface area contributed by atoms with Gasteiger partial charge in [0.15, 0.2) is 0 Å². The molecule has 0 spiro atoms. The topological polar surface area (TPSA) is 24.5 Å². The molecule has 0 unspecified atom stereocenters. The Morgan fingerprint density at radius 2 is 1.62 bits per heavy atom. The second-order valence-electron chi connectivity index (χ2n) is 7.09. The van der Waals surface area contributed by atoms with Crippen molar-refractivity contribution < 1.29 is 4.74 Å². The normalized spacial score (nSPS) is 14.7. The lowest BCUT2D eigenvalue weighted by Crippen LogP contribution is -2.42. The molecule has 4 rings (SSSR count). The van der Waals surface area contributed by atoms with Gasteiger partial charge in [-0.25, -0.2) is 0 Å². The first-order chi connectivity index (χ1) is 14.3. The summed E-state index contributed by atoms with van der Waals surface area (Å²) >= 11 is 6.73. The lowest BCUT2D eigenvalue weighted by atomic mass is 10.1. The van der Waals surface area contributed by atoms with Gasteiger partial charge in [0.1, 0.15) is 12.4 Å². The van der Waals surface area contributed by atoms with Crippen molar-refractivity contribution in [1.29, 1.82) is 0 Å². The van der Waals surface area contributed by atoms with E-state index in [0.29, 0.717) is 11.6 Å². The number of ether oxygens (including phenoxy) is 1. The van der Waals surface area contributed by atoms with Gasteiger partial charge >= 0.3 is 0 Å². The molecule has 1 aliphatic heterocycles. The van der Waals surface area contributed by atoms with E-state index < -0.39 is 0 Å². The monoisotopic (exact) mass is 404 g/mol. The van der Waals surface area contributed by atoms with Crippen molar-refractivity contribution in [3.8, 4) is 5.75 Å². The lowest BCUT2D eigenvalue weighted by Gasteiger charge is -2.32. The molecule has 4 heteroatoms. The number of benzene rings is 3. The summed E-state index contributed by atoms with van der Waals surface area (Å²) < 4.78 is 5.94. The maximum atomic E-state index is 6.73. The van der Waals surface area contributed by atoms with Gasteiger partial charge in [0.05, 0.1) is 5.02 Å². The highest BCUT2D eigenvalue weighted by Gasteiger charge is 2.17. The molecule has 1 heterocycles. The summed E-state index contributed by atoms with van der Waals surface area (Å²) in [5, 5.41) is 4.12. The number of halogens is 1. The maximum absolute atomic E-state index is 6.73. The zero-order valence-electron chi connectivity index (χ0n) is 16.4. The molecule has 3 aromatic carbocycles. The molecule has 148 valence electrons. The maximum Gasteiger partial charge on any atom is 0.121 e. The van der Waals surface area contributed by atoms with E-state index in [9.17, 15) is 0 Å². The lowest BCUT2D eigenvalue weighted by molar-refractivity contribution is 0.306. The molecule has 3 aromatic rings. The molecule has 0 radical (unpaired) electrons. The molecule has 0 bridgehead atoms. The summed E-state index contributed by atoms with van der Waals surface area (Å²) in [6.45, 7) is 4.40. The zero-order chi connectivity index (χ0) is 19.9. The fourth-order valence-electron chi connectivity index (χ4n) is 3.49. The van der Waals surface area contributed by atoms with E-state index >= 15 is 0 Å². The van der Waals surface area contributed by atoms with Gasteiger partial charge in [-0.15, -0.1) is 0 Å². The first-order valence-electron chi connectivity index (χ1n) is 9.99. The zero-order valence-corrected chi connectivity index (χ0v) is 17.1. The van der Waals surface area contributed by atoms with Crippen molar-refractivity contribution in [1.82, 2.24) is 10.2 Å². The standard InChI is InChI=1S/C25H25ClN2O/c26-24-18-22(29-19-21-9-5-2-6-10-21)11-12-23(24)25(28-15-13-27-14-16-28)17-20-7-3-1-4-8-20/h1-12,17-18,27H,13-16,19H2. The Balaban J connectivity index is 1.59. The third kappa shape index (κ3) is 5.20. The van der Waals surface area contributed by atoms with Crippen LogP contribution in [0.3, 0.4) is 0 Å². The van der Waals surface area contributed by atoms with E-state index in [0.717, 1.165) is 48.8 Å². The van der Waals surface area contributed by atoms with E-state index in [1.807, 2.05) is 36.4 Å². The summed E-state index contributed by atoms with van der Waals surface area (Å²) in [7, 11) is 0. The van der Waals surface area contributed by atoms with Crippen LogP contribution in [0.15, 0.2) is 78.9 Å². The minimum absolute atomic E-state index is 0.529. The van der Waals surface area contributed by atoms with Gasteiger partial charge in [-0.2, -0.15) is 0 Å².